The maximum atomic E-state index is 12.4. The molecule has 0 aliphatic carbocycles. The fourth-order valence-electron chi connectivity index (χ4n) is 2.06. The SMILES string of the molecule is O=C(O)N1CCN(S(=O)(=O)c2ccc(OC(F)F)cc2)CC1. The normalized spacial score (nSPS) is 16.8. The fraction of sp³-hybridized carbons (Fsp3) is 0.417. The van der Waals surface area contributed by atoms with Gasteiger partial charge in [-0.25, -0.2) is 13.2 Å². The third kappa shape index (κ3) is 3.63. The Balaban J connectivity index is 2.09. The van der Waals surface area contributed by atoms with Crippen molar-refractivity contribution in [2.75, 3.05) is 26.2 Å². The number of hydrogen-bond donors (Lipinski definition) is 1. The molecule has 0 unspecified atom stereocenters. The van der Waals surface area contributed by atoms with Gasteiger partial charge in [0.25, 0.3) is 0 Å². The molecule has 0 aromatic heterocycles. The number of amides is 1. The summed E-state index contributed by atoms with van der Waals surface area (Å²) in [6.07, 6.45) is -1.09. The summed E-state index contributed by atoms with van der Waals surface area (Å²) in [5.41, 5.74) is 0. The van der Waals surface area contributed by atoms with Gasteiger partial charge in [0.15, 0.2) is 0 Å². The van der Waals surface area contributed by atoms with Crippen LogP contribution in [0, 0.1) is 0 Å². The quantitative estimate of drug-likeness (QED) is 0.895. The summed E-state index contributed by atoms with van der Waals surface area (Å²) in [5.74, 6) is -0.135. The van der Waals surface area contributed by atoms with E-state index >= 15 is 0 Å². The zero-order chi connectivity index (χ0) is 16.3. The van der Waals surface area contributed by atoms with Crippen LogP contribution in [-0.2, 0) is 10.0 Å². The second-order valence-electron chi connectivity index (χ2n) is 4.52. The van der Waals surface area contributed by atoms with Crippen molar-refractivity contribution in [2.45, 2.75) is 11.5 Å². The maximum absolute atomic E-state index is 12.4. The fourth-order valence-corrected chi connectivity index (χ4v) is 3.48. The van der Waals surface area contributed by atoms with Gasteiger partial charge >= 0.3 is 12.7 Å². The minimum absolute atomic E-state index is 0.0456. The number of halogens is 2. The number of sulfonamides is 1. The highest BCUT2D eigenvalue weighted by atomic mass is 32.2. The second-order valence-corrected chi connectivity index (χ2v) is 6.46. The van der Waals surface area contributed by atoms with Crippen LogP contribution in [0.15, 0.2) is 29.2 Å². The number of nitrogens with zero attached hydrogens (tertiary/aromatic N) is 2. The molecule has 1 saturated heterocycles. The minimum Gasteiger partial charge on any atom is -0.465 e. The molecule has 10 heteroatoms. The molecule has 1 N–H and O–H groups in total. The van der Waals surface area contributed by atoms with Gasteiger partial charge in [0.1, 0.15) is 5.75 Å². The molecule has 1 aliphatic heterocycles. The Morgan fingerprint density at radius 2 is 1.68 bits per heavy atom. The van der Waals surface area contributed by atoms with E-state index in [0.717, 1.165) is 21.3 Å². The Morgan fingerprint density at radius 1 is 1.14 bits per heavy atom. The molecule has 1 aliphatic rings. The first-order chi connectivity index (χ1) is 10.3. The summed E-state index contributed by atoms with van der Waals surface area (Å²) >= 11 is 0. The topological polar surface area (TPSA) is 87.2 Å². The lowest BCUT2D eigenvalue weighted by Gasteiger charge is -2.32. The Kier molecular flexibility index (Phi) is 4.81. The van der Waals surface area contributed by atoms with Crippen molar-refractivity contribution >= 4 is 16.1 Å². The molecule has 0 radical (unpaired) electrons. The molecule has 1 aromatic carbocycles. The van der Waals surface area contributed by atoms with Gasteiger partial charge < -0.3 is 14.7 Å². The van der Waals surface area contributed by atoms with Crippen LogP contribution in [0.3, 0.4) is 0 Å². The van der Waals surface area contributed by atoms with Gasteiger partial charge in [0.05, 0.1) is 4.90 Å². The van der Waals surface area contributed by atoms with Gasteiger partial charge in [-0.15, -0.1) is 0 Å². The van der Waals surface area contributed by atoms with Crippen molar-refractivity contribution in [1.29, 1.82) is 0 Å². The summed E-state index contributed by atoms with van der Waals surface area (Å²) in [5, 5.41) is 8.83. The first-order valence-corrected chi connectivity index (χ1v) is 7.77. The van der Waals surface area contributed by atoms with Crippen LogP contribution in [0.4, 0.5) is 13.6 Å². The van der Waals surface area contributed by atoms with Crippen LogP contribution in [0.25, 0.3) is 0 Å². The molecule has 122 valence electrons. The Bertz CT molecular complexity index is 627. The van der Waals surface area contributed by atoms with E-state index < -0.39 is 22.7 Å². The number of rotatable bonds is 4. The lowest BCUT2D eigenvalue weighted by Crippen LogP contribution is -2.50. The van der Waals surface area contributed by atoms with Crippen LogP contribution in [-0.4, -0.2) is 61.6 Å². The first-order valence-electron chi connectivity index (χ1n) is 6.33. The highest BCUT2D eigenvalue weighted by molar-refractivity contribution is 7.89. The summed E-state index contributed by atoms with van der Waals surface area (Å²) < 4.78 is 54.1. The average molecular weight is 336 g/mol. The molecule has 1 heterocycles. The number of hydrogen-bond acceptors (Lipinski definition) is 4. The van der Waals surface area contributed by atoms with Gasteiger partial charge in [-0.2, -0.15) is 13.1 Å². The summed E-state index contributed by atoms with van der Waals surface area (Å²) in [4.78, 5) is 11.9. The molecule has 0 atom stereocenters. The second kappa shape index (κ2) is 6.44. The van der Waals surface area contributed by atoms with E-state index in [1.54, 1.807) is 0 Å². The van der Waals surface area contributed by atoms with Crippen LogP contribution in [0.2, 0.25) is 0 Å². The van der Waals surface area contributed by atoms with E-state index in [9.17, 15) is 22.0 Å². The van der Waals surface area contributed by atoms with E-state index in [4.69, 9.17) is 5.11 Å². The number of alkyl halides is 2. The Hall–Kier alpha value is -1.94. The van der Waals surface area contributed by atoms with Crippen molar-refractivity contribution in [3.8, 4) is 5.75 Å². The molecule has 22 heavy (non-hydrogen) atoms. The van der Waals surface area contributed by atoms with Crippen molar-refractivity contribution in [3.05, 3.63) is 24.3 Å². The van der Waals surface area contributed by atoms with E-state index in [1.807, 2.05) is 0 Å². The number of ether oxygens (including phenoxy) is 1. The molecule has 0 spiro atoms. The molecule has 1 amide bonds. The predicted molar refractivity (Wildman–Crippen MR) is 71.4 cm³/mol. The Morgan fingerprint density at radius 3 is 2.14 bits per heavy atom. The smallest absolute Gasteiger partial charge is 0.407 e. The third-order valence-corrected chi connectivity index (χ3v) is 5.11. The van der Waals surface area contributed by atoms with E-state index in [-0.39, 0.29) is 36.8 Å². The molecule has 7 nitrogen and oxygen atoms in total. The number of carbonyl (C=O) groups is 1. The maximum Gasteiger partial charge on any atom is 0.407 e. The number of piperazine rings is 1. The van der Waals surface area contributed by atoms with Crippen LogP contribution in [0.1, 0.15) is 0 Å². The highest BCUT2D eigenvalue weighted by Gasteiger charge is 2.29. The first kappa shape index (κ1) is 16.4. The summed E-state index contributed by atoms with van der Waals surface area (Å²) in [7, 11) is -3.79. The Labute approximate surface area is 125 Å². The van der Waals surface area contributed by atoms with E-state index in [1.165, 1.54) is 12.1 Å². The third-order valence-electron chi connectivity index (χ3n) is 3.20. The lowest BCUT2D eigenvalue weighted by molar-refractivity contribution is -0.0498. The minimum atomic E-state index is -3.79. The number of carboxylic acid groups (broad SMARTS) is 1. The summed E-state index contributed by atoms with van der Waals surface area (Å²) in [6.45, 7) is -2.72. The standard InChI is InChI=1S/C12H14F2N2O5S/c13-11(14)21-9-1-3-10(4-2-9)22(19,20)16-7-5-15(6-8-16)12(17)18/h1-4,11H,5-8H2,(H,17,18). The lowest BCUT2D eigenvalue weighted by atomic mass is 10.3. The molecular formula is C12H14F2N2O5S. The largest absolute Gasteiger partial charge is 0.465 e. The zero-order valence-electron chi connectivity index (χ0n) is 11.4. The number of benzene rings is 1. The van der Waals surface area contributed by atoms with E-state index in [0.29, 0.717) is 0 Å². The van der Waals surface area contributed by atoms with Gasteiger partial charge in [0.2, 0.25) is 10.0 Å². The molecule has 2 rings (SSSR count). The van der Waals surface area contributed by atoms with Crippen LogP contribution < -0.4 is 4.74 Å². The van der Waals surface area contributed by atoms with Crippen LogP contribution >= 0.6 is 0 Å². The van der Waals surface area contributed by atoms with Crippen molar-refractivity contribution in [2.24, 2.45) is 0 Å². The van der Waals surface area contributed by atoms with Gasteiger partial charge in [0, 0.05) is 26.2 Å². The zero-order valence-corrected chi connectivity index (χ0v) is 12.2. The van der Waals surface area contributed by atoms with Crippen molar-refractivity contribution < 1.29 is 31.8 Å². The van der Waals surface area contributed by atoms with E-state index in [2.05, 4.69) is 4.74 Å². The average Bonchev–Trinajstić information content (AvgIpc) is 2.47. The molecular weight excluding hydrogens is 322 g/mol. The van der Waals surface area contributed by atoms with Crippen molar-refractivity contribution in [1.82, 2.24) is 9.21 Å². The molecule has 1 fully saturated rings. The van der Waals surface area contributed by atoms with Gasteiger partial charge in [-0.3, -0.25) is 0 Å². The van der Waals surface area contributed by atoms with Crippen molar-refractivity contribution in [3.63, 3.8) is 0 Å². The summed E-state index contributed by atoms with van der Waals surface area (Å²) in [6, 6.07) is 4.65. The van der Waals surface area contributed by atoms with Crippen LogP contribution in [0.5, 0.6) is 5.75 Å². The predicted octanol–water partition coefficient (Wildman–Crippen LogP) is 1.27. The molecule has 0 bridgehead atoms. The molecule has 0 saturated carbocycles. The van der Waals surface area contributed by atoms with Gasteiger partial charge in [-0.1, -0.05) is 0 Å². The monoisotopic (exact) mass is 336 g/mol. The van der Waals surface area contributed by atoms with Gasteiger partial charge in [-0.05, 0) is 24.3 Å². The highest BCUT2D eigenvalue weighted by Crippen LogP contribution is 2.21. The molecule has 1 aromatic rings.